The highest BCUT2D eigenvalue weighted by atomic mass is 35.5. The molecule has 54 valence electrons. The van der Waals surface area contributed by atoms with Crippen LogP contribution in [0.25, 0.3) is 0 Å². The fourth-order valence-electron chi connectivity index (χ4n) is 0.667. The largest absolute Gasteiger partial charge is 0.165 e. The maximum Gasteiger partial charge on any atom is 0.0406 e. The van der Waals surface area contributed by atoms with Gasteiger partial charge in [-0.15, -0.1) is 0 Å². The SMILES string of the molecule is C=S(C)c1ccc(Cl)cc1. The molecular formula is C8H9ClS. The molecule has 0 nitrogen and oxygen atoms in total. The van der Waals surface area contributed by atoms with Gasteiger partial charge in [-0.25, -0.2) is 0 Å². The van der Waals surface area contributed by atoms with Crippen molar-refractivity contribution >= 4 is 28.0 Å². The Balaban J connectivity index is 3.00. The molecule has 0 radical (unpaired) electrons. The van der Waals surface area contributed by atoms with Crippen LogP contribution >= 0.6 is 22.1 Å². The van der Waals surface area contributed by atoms with E-state index in [1.54, 1.807) is 0 Å². The van der Waals surface area contributed by atoms with Crippen LogP contribution in [0.5, 0.6) is 0 Å². The summed E-state index contributed by atoms with van der Waals surface area (Å²) in [6.07, 6.45) is 2.09. The zero-order valence-electron chi connectivity index (χ0n) is 5.80. The first-order valence-electron chi connectivity index (χ1n) is 2.91. The third kappa shape index (κ3) is 1.86. The smallest absolute Gasteiger partial charge is 0.0406 e. The van der Waals surface area contributed by atoms with Crippen LogP contribution in [0, 0.1) is 0 Å². The van der Waals surface area contributed by atoms with E-state index in [-0.39, 0.29) is 10.5 Å². The number of benzene rings is 1. The standard InChI is InChI=1S/C8H9ClS/c1-10(2)8-5-3-7(9)4-6-8/h3-6H,1H2,2H3. The minimum atomic E-state index is 0.104. The highest BCUT2D eigenvalue weighted by Gasteiger charge is 1.89. The van der Waals surface area contributed by atoms with Crippen molar-refractivity contribution in [3.05, 3.63) is 29.3 Å². The Hall–Kier alpha value is -0.270. The van der Waals surface area contributed by atoms with E-state index in [4.69, 9.17) is 11.6 Å². The van der Waals surface area contributed by atoms with Gasteiger partial charge in [0, 0.05) is 9.92 Å². The number of rotatable bonds is 1. The Kier molecular flexibility index (Phi) is 2.52. The highest BCUT2D eigenvalue weighted by molar-refractivity contribution is 8.13. The van der Waals surface area contributed by atoms with Crippen molar-refractivity contribution in [2.45, 2.75) is 4.90 Å². The van der Waals surface area contributed by atoms with Crippen molar-refractivity contribution in [2.24, 2.45) is 0 Å². The van der Waals surface area contributed by atoms with E-state index in [1.165, 1.54) is 4.90 Å². The summed E-state index contributed by atoms with van der Waals surface area (Å²) < 4.78 is 0. The second-order valence-electron chi connectivity index (χ2n) is 2.09. The molecule has 0 spiro atoms. The molecule has 0 saturated carbocycles. The van der Waals surface area contributed by atoms with Gasteiger partial charge in [0.15, 0.2) is 0 Å². The van der Waals surface area contributed by atoms with Crippen LogP contribution < -0.4 is 0 Å². The zero-order chi connectivity index (χ0) is 7.56. The normalized spacial score (nSPS) is 13.0. The zero-order valence-corrected chi connectivity index (χ0v) is 7.38. The summed E-state index contributed by atoms with van der Waals surface area (Å²) in [5.74, 6) is 3.92. The third-order valence-corrected chi connectivity index (χ3v) is 2.54. The van der Waals surface area contributed by atoms with Crippen molar-refractivity contribution in [3.63, 3.8) is 0 Å². The molecule has 0 bridgehead atoms. The molecule has 0 aliphatic carbocycles. The van der Waals surface area contributed by atoms with Gasteiger partial charge in [-0.1, -0.05) is 17.5 Å². The molecule has 0 amide bonds. The molecule has 0 aliphatic heterocycles. The average Bonchev–Trinajstić information content (AvgIpc) is 1.88. The van der Waals surface area contributed by atoms with Gasteiger partial charge in [-0.05, 0) is 30.5 Å². The van der Waals surface area contributed by atoms with E-state index >= 15 is 0 Å². The third-order valence-electron chi connectivity index (χ3n) is 1.22. The monoisotopic (exact) mass is 172 g/mol. The molecule has 10 heavy (non-hydrogen) atoms. The number of hydrogen-bond acceptors (Lipinski definition) is 0. The van der Waals surface area contributed by atoms with Crippen LogP contribution in [0.3, 0.4) is 0 Å². The van der Waals surface area contributed by atoms with Gasteiger partial charge in [-0.2, -0.15) is 10.5 Å². The first kappa shape index (κ1) is 7.83. The minimum Gasteiger partial charge on any atom is -0.165 e. The molecule has 1 aromatic carbocycles. The van der Waals surface area contributed by atoms with E-state index in [0.717, 1.165) is 5.02 Å². The molecule has 0 saturated heterocycles. The first-order valence-corrected chi connectivity index (χ1v) is 5.09. The van der Waals surface area contributed by atoms with Crippen LogP contribution in [0.1, 0.15) is 0 Å². The Bertz CT molecular complexity index is 238. The summed E-state index contributed by atoms with van der Waals surface area (Å²) in [4.78, 5) is 1.25. The summed E-state index contributed by atoms with van der Waals surface area (Å²) >= 11 is 5.70. The number of halogens is 1. The average molecular weight is 173 g/mol. The van der Waals surface area contributed by atoms with Gasteiger partial charge in [0.1, 0.15) is 0 Å². The molecule has 0 fully saturated rings. The lowest BCUT2D eigenvalue weighted by Gasteiger charge is -1.98. The van der Waals surface area contributed by atoms with Gasteiger partial charge >= 0.3 is 0 Å². The lowest BCUT2D eigenvalue weighted by molar-refractivity contribution is 1.47. The van der Waals surface area contributed by atoms with Crippen LogP contribution in [0.2, 0.25) is 5.02 Å². The van der Waals surface area contributed by atoms with E-state index < -0.39 is 0 Å². The fraction of sp³-hybridized carbons (Fsp3) is 0.125. The predicted molar refractivity (Wildman–Crippen MR) is 50.4 cm³/mol. The molecule has 1 rings (SSSR count). The summed E-state index contributed by atoms with van der Waals surface area (Å²) in [6.45, 7) is 0. The van der Waals surface area contributed by atoms with E-state index in [0.29, 0.717) is 0 Å². The van der Waals surface area contributed by atoms with Crippen LogP contribution in [-0.4, -0.2) is 12.1 Å². The van der Waals surface area contributed by atoms with Crippen LogP contribution in [0.4, 0.5) is 0 Å². The van der Waals surface area contributed by atoms with E-state index in [9.17, 15) is 0 Å². The minimum absolute atomic E-state index is 0.104. The lowest BCUT2D eigenvalue weighted by Crippen LogP contribution is -1.70. The molecule has 1 aromatic rings. The maximum atomic E-state index is 5.70. The quantitative estimate of drug-likeness (QED) is 0.572. The Morgan fingerprint density at radius 2 is 1.80 bits per heavy atom. The van der Waals surface area contributed by atoms with E-state index in [1.807, 2.05) is 24.3 Å². The molecule has 2 heteroatoms. The predicted octanol–water partition coefficient (Wildman–Crippen LogP) is 3.03. The van der Waals surface area contributed by atoms with Gasteiger partial charge in [-0.3, -0.25) is 0 Å². The Labute approximate surface area is 68.8 Å². The lowest BCUT2D eigenvalue weighted by atomic mass is 10.4. The van der Waals surface area contributed by atoms with Crippen molar-refractivity contribution in [3.8, 4) is 0 Å². The van der Waals surface area contributed by atoms with Crippen LogP contribution in [-0.2, 0) is 0 Å². The molecule has 1 unspecified atom stereocenters. The van der Waals surface area contributed by atoms with Crippen molar-refractivity contribution in [2.75, 3.05) is 6.26 Å². The fourth-order valence-corrected chi connectivity index (χ4v) is 1.39. The van der Waals surface area contributed by atoms with Crippen molar-refractivity contribution in [1.29, 1.82) is 0 Å². The van der Waals surface area contributed by atoms with E-state index in [2.05, 4.69) is 12.1 Å². The van der Waals surface area contributed by atoms with Gasteiger partial charge in [0.25, 0.3) is 0 Å². The molecule has 0 N–H and O–H groups in total. The number of hydrogen-bond donors (Lipinski definition) is 0. The van der Waals surface area contributed by atoms with Crippen molar-refractivity contribution < 1.29 is 0 Å². The first-order chi connectivity index (χ1) is 4.70. The summed E-state index contributed by atoms with van der Waals surface area (Å²) in [5.41, 5.74) is 0. The molecule has 0 aliphatic rings. The molecular weight excluding hydrogens is 164 g/mol. The second kappa shape index (κ2) is 3.22. The molecule has 1 atom stereocenters. The van der Waals surface area contributed by atoms with Crippen LogP contribution in [0.15, 0.2) is 29.2 Å². The Morgan fingerprint density at radius 3 is 2.20 bits per heavy atom. The van der Waals surface area contributed by atoms with Gasteiger partial charge in [0.2, 0.25) is 0 Å². The highest BCUT2D eigenvalue weighted by Crippen LogP contribution is 2.21. The maximum absolute atomic E-state index is 5.70. The summed E-state index contributed by atoms with van der Waals surface area (Å²) in [7, 11) is 0.104. The van der Waals surface area contributed by atoms with Crippen molar-refractivity contribution in [1.82, 2.24) is 0 Å². The molecule has 0 aromatic heterocycles. The summed E-state index contributed by atoms with van der Waals surface area (Å²) in [6, 6.07) is 7.81. The van der Waals surface area contributed by atoms with Gasteiger partial charge < -0.3 is 0 Å². The van der Waals surface area contributed by atoms with Gasteiger partial charge in [0.05, 0.1) is 0 Å². The second-order valence-corrected chi connectivity index (χ2v) is 4.27. The Morgan fingerprint density at radius 1 is 1.30 bits per heavy atom. The topological polar surface area (TPSA) is 0 Å². The summed E-state index contributed by atoms with van der Waals surface area (Å²) in [5, 5.41) is 0.786. The molecule has 0 heterocycles.